The molecule has 8 heteroatoms. The lowest BCUT2D eigenvalue weighted by molar-refractivity contribution is -0.138. The molecular formula is C16H16N2O6. The van der Waals surface area contributed by atoms with Gasteiger partial charge >= 0.3 is 5.97 Å². The Bertz CT molecular complexity index is 770. The number of furan rings is 1. The first kappa shape index (κ1) is 15.9. The van der Waals surface area contributed by atoms with Gasteiger partial charge in [0.15, 0.2) is 17.3 Å². The van der Waals surface area contributed by atoms with Gasteiger partial charge in [-0.3, -0.25) is 9.59 Å². The van der Waals surface area contributed by atoms with E-state index < -0.39 is 17.9 Å². The Morgan fingerprint density at radius 2 is 2.00 bits per heavy atom. The summed E-state index contributed by atoms with van der Waals surface area (Å²) < 4.78 is 16.7. The number of nitrogens with two attached hydrogens (primary N) is 1. The average molecular weight is 332 g/mol. The van der Waals surface area contributed by atoms with Crippen LogP contribution in [0.1, 0.15) is 10.6 Å². The molecule has 1 atom stereocenters. The summed E-state index contributed by atoms with van der Waals surface area (Å²) >= 11 is 0. The molecule has 3 rings (SSSR count). The maximum absolute atomic E-state index is 12.0. The van der Waals surface area contributed by atoms with Gasteiger partial charge in [0.05, 0.1) is 5.56 Å². The lowest BCUT2D eigenvalue weighted by atomic mass is 10.1. The minimum absolute atomic E-state index is 0.0527. The zero-order valence-electron chi connectivity index (χ0n) is 12.7. The fraction of sp³-hybridized carbons (Fsp3) is 0.250. The summed E-state index contributed by atoms with van der Waals surface area (Å²) in [6.07, 6.45) is 0. The van der Waals surface area contributed by atoms with Crippen molar-refractivity contribution in [2.75, 3.05) is 19.8 Å². The Morgan fingerprint density at radius 1 is 1.21 bits per heavy atom. The fourth-order valence-corrected chi connectivity index (χ4v) is 2.25. The first-order valence-electron chi connectivity index (χ1n) is 7.31. The number of amides is 1. The van der Waals surface area contributed by atoms with Crippen LogP contribution in [0.25, 0.3) is 11.3 Å². The summed E-state index contributed by atoms with van der Waals surface area (Å²) in [7, 11) is 0. The number of carbonyl (C=O) groups is 2. The van der Waals surface area contributed by atoms with Gasteiger partial charge < -0.3 is 30.0 Å². The molecule has 126 valence electrons. The van der Waals surface area contributed by atoms with Gasteiger partial charge in [-0.25, -0.2) is 0 Å². The van der Waals surface area contributed by atoms with Crippen molar-refractivity contribution in [3.8, 4) is 22.8 Å². The Kier molecular flexibility index (Phi) is 4.39. The van der Waals surface area contributed by atoms with Gasteiger partial charge in [0.1, 0.15) is 25.0 Å². The van der Waals surface area contributed by atoms with E-state index in [1.807, 2.05) is 0 Å². The highest BCUT2D eigenvalue weighted by Gasteiger charge is 2.21. The largest absolute Gasteiger partial charge is 0.486 e. The number of ether oxygens (including phenoxy) is 2. The second-order valence-electron chi connectivity index (χ2n) is 5.15. The topological polar surface area (TPSA) is 124 Å². The van der Waals surface area contributed by atoms with Crippen LogP contribution in [0.4, 0.5) is 0 Å². The summed E-state index contributed by atoms with van der Waals surface area (Å²) in [6, 6.07) is 7.36. The van der Waals surface area contributed by atoms with Crippen molar-refractivity contribution in [1.82, 2.24) is 5.32 Å². The number of carbonyl (C=O) groups excluding carboxylic acids is 1. The number of aliphatic carboxylic acids is 1. The Morgan fingerprint density at radius 3 is 2.79 bits per heavy atom. The normalized spacial score (nSPS) is 14.0. The van der Waals surface area contributed by atoms with Gasteiger partial charge in [0.25, 0.3) is 5.91 Å². The van der Waals surface area contributed by atoms with E-state index in [1.165, 1.54) is 6.07 Å². The van der Waals surface area contributed by atoms with E-state index in [0.29, 0.717) is 36.0 Å². The van der Waals surface area contributed by atoms with Crippen molar-refractivity contribution in [1.29, 1.82) is 0 Å². The summed E-state index contributed by atoms with van der Waals surface area (Å²) in [6.45, 7) is 0.721. The third-order valence-electron chi connectivity index (χ3n) is 3.46. The smallest absolute Gasteiger partial charge is 0.322 e. The van der Waals surface area contributed by atoms with Crippen LogP contribution in [0.3, 0.4) is 0 Å². The van der Waals surface area contributed by atoms with Gasteiger partial charge in [-0.1, -0.05) is 6.07 Å². The molecule has 0 spiro atoms. The molecule has 24 heavy (non-hydrogen) atoms. The molecule has 0 unspecified atom stereocenters. The Balaban J connectivity index is 1.76. The standard InChI is InChI=1S/C16H16N2O6/c17-10(16(20)21)8-18-15(19)13-5-4-11(24-13)9-2-1-3-12-14(9)23-7-6-22-12/h1-5,10H,6-8,17H2,(H,18,19)(H,20,21)/t10-/m1/s1. The minimum Gasteiger partial charge on any atom is -0.486 e. The number of nitrogens with one attached hydrogen (secondary N) is 1. The van der Waals surface area contributed by atoms with E-state index >= 15 is 0 Å². The second kappa shape index (κ2) is 6.63. The molecule has 1 aliphatic heterocycles. The highest BCUT2D eigenvalue weighted by Crippen LogP contribution is 2.40. The predicted molar refractivity (Wildman–Crippen MR) is 83.1 cm³/mol. The minimum atomic E-state index is -1.19. The number of hydrogen-bond acceptors (Lipinski definition) is 6. The zero-order chi connectivity index (χ0) is 17.1. The molecule has 0 fully saturated rings. The average Bonchev–Trinajstić information content (AvgIpc) is 3.08. The highest BCUT2D eigenvalue weighted by molar-refractivity contribution is 5.92. The van der Waals surface area contributed by atoms with E-state index in [1.54, 1.807) is 24.3 Å². The SMILES string of the molecule is N[C@H](CNC(=O)c1ccc(-c2cccc3c2OCCO3)o1)C(=O)O. The third kappa shape index (κ3) is 3.18. The van der Waals surface area contributed by atoms with Crippen molar-refractivity contribution in [2.24, 2.45) is 5.73 Å². The molecule has 0 saturated heterocycles. The van der Waals surface area contributed by atoms with E-state index in [-0.39, 0.29) is 12.3 Å². The molecule has 0 radical (unpaired) electrons. The molecule has 0 bridgehead atoms. The Hall–Kier alpha value is -3.00. The molecule has 8 nitrogen and oxygen atoms in total. The third-order valence-corrected chi connectivity index (χ3v) is 3.46. The number of hydrogen-bond donors (Lipinski definition) is 3. The van der Waals surface area contributed by atoms with E-state index in [2.05, 4.69) is 5.32 Å². The van der Waals surface area contributed by atoms with Crippen LogP contribution in [-0.2, 0) is 4.79 Å². The highest BCUT2D eigenvalue weighted by atomic mass is 16.6. The molecule has 4 N–H and O–H groups in total. The molecule has 0 aliphatic carbocycles. The molecule has 1 aromatic carbocycles. The van der Waals surface area contributed by atoms with Crippen molar-refractivity contribution >= 4 is 11.9 Å². The number of rotatable bonds is 5. The number of carboxylic acid groups (broad SMARTS) is 1. The van der Waals surface area contributed by atoms with Gasteiger partial charge in [-0.2, -0.15) is 0 Å². The summed E-state index contributed by atoms with van der Waals surface area (Å²) in [5.74, 6) is -0.0445. The van der Waals surface area contributed by atoms with E-state index in [0.717, 1.165) is 0 Å². The lowest BCUT2D eigenvalue weighted by Crippen LogP contribution is -2.42. The number of fused-ring (bicyclic) bond motifs is 1. The van der Waals surface area contributed by atoms with Crippen LogP contribution in [0.2, 0.25) is 0 Å². The molecule has 0 saturated carbocycles. The lowest BCUT2D eigenvalue weighted by Gasteiger charge is -2.20. The van der Waals surface area contributed by atoms with E-state index in [4.69, 9.17) is 24.7 Å². The summed E-state index contributed by atoms with van der Waals surface area (Å²) in [5.41, 5.74) is 6.01. The van der Waals surface area contributed by atoms with Crippen LogP contribution in [0.15, 0.2) is 34.7 Å². The number of carboxylic acids is 1. The first-order valence-corrected chi connectivity index (χ1v) is 7.31. The van der Waals surface area contributed by atoms with Crippen molar-refractivity contribution in [3.63, 3.8) is 0 Å². The van der Waals surface area contributed by atoms with Crippen molar-refractivity contribution in [2.45, 2.75) is 6.04 Å². The second-order valence-corrected chi connectivity index (χ2v) is 5.15. The van der Waals surface area contributed by atoms with Crippen LogP contribution < -0.4 is 20.5 Å². The van der Waals surface area contributed by atoms with Crippen LogP contribution in [-0.4, -0.2) is 42.8 Å². The maximum Gasteiger partial charge on any atom is 0.322 e. The predicted octanol–water partition coefficient (Wildman–Crippen LogP) is 0.859. The molecule has 1 amide bonds. The van der Waals surface area contributed by atoms with Gasteiger partial charge in [0, 0.05) is 6.54 Å². The van der Waals surface area contributed by atoms with E-state index in [9.17, 15) is 9.59 Å². The van der Waals surface area contributed by atoms with Crippen LogP contribution in [0, 0.1) is 0 Å². The van der Waals surface area contributed by atoms with Crippen molar-refractivity contribution in [3.05, 3.63) is 36.1 Å². The summed E-state index contributed by atoms with van der Waals surface area (Å²) in [4.78, 5) is 22.6. The van der Waals surface area contributed by atoms with Crippen LogP contribution >= 0.6 is 0 Å². The van der Waals surface area contributed by atoms with Gasteiger partial charge in [-0.15, -0.1) is 0 Å². The maximum atomic E-state index is 12.0. The van der Waals surface area contributed by atoms with Crippen molar-refractivity contribution < 1.29 is 28.6 Å². The van der Waals surface area contributed by atoms with Gasteiger partial charge in [0.2, 0.25) is 0 Å². The summed E-state index contributed by atoms with van der Waals surface area (Å²) in [5, 5.41) is 11.1. The fourth-order valence-electron chi connectivity index (χ4n) is 2.25. The number of benzene rings is 1. The molecule has 1 aromatic heterocycles. The Labute approximate surface area is 137 Å². The molecule has 2 heterocycles. The molecular weight excluding hydrogens is 316 g/mol. The quantitative estimate of drug-likeness (QED) is 0.741. The van der Waals surface area contributed by atoms with Crippen LogP contribution in [0.5, 0.6) is 11.5 Å². The number of para-hydroxylation sites is 1. The molecule has 1 aliphatic rings. The zero-order valence-corrected chi connectivity index (χ0v) is 12.7. The monoisotopic (exact) mass is 332 g/mol. The van der Waals surface area contributed by atoms with Gasteiger partial charge in [-0.05, 0) is 24.3 Å². The molecule has 2 aromatic rings. The first-order chi connectivity index (χ1) is 11.6.